The average molecular weight is 252 g/mol. The molecule has 0 amide bonds. The van der Waals surface area contributed by atoms with Gasteiger partial charge in [0.15, 0.2) is 0 Å². The van der Waals surface area contributed by atoms with Crippen molar-refractivity contribution in [1.29, 1.82) is 0 Å². The third kappa shape index (κ3) is 2.10. The molecule has 0 aliphatic heterocycles. The molecule has 0 spiro atoms. The van der Waals surface area contributed by atoms with Crippen molar-refractivity contribution in [2.75, 3.05) is 7.11 Å². The van der Waals surface area contributed by atoms with E-state index in [1.165, 1.54) is 0 Å². The smallest absolute Gasteiger partial charge is 0.344 e. The molecule has 0 N–H and O–H groups in total. The zero-order chi connectivity index (χ0) is 13.2. The molecule has 19 heavy (non-hydrogen) atoms. The van der Waals surface area contributed by atoms with E-state index in [0.717, 1.165) is 16.7 Å². The van der Waals surface area contributed by atoms with E-state index >= 15 is 0 Å². The van der Waals surface area contributed by atoms with Crippen LogP contribution in [0.1, 0.15) is 0 Å². The van der Waals surface area contributed by atoms with Crippen LogP contribution in [0.25, 0.3) is 22.1 Å². The van der Waals surface area contributed by atoms with E-state index in [1.54, 1.807) is 19.2 Å². The van der Waals surface area contributed by atoms with Crippen LogP contribution in [0.4, 0.5) is 0 Å². The highest BCUT2D eigenvalue weighted by Gasteiger charge is 2.07. The Morgan fingerprint density at radius 3 is 2.53 bits per heavy atom. The predicted molar refractivity (Wildman–Crippen MR) is 74.5 cm³/mol. The summed E-state index contributed by atoms with van der Waals surface area (Å²) in [5, 5.41) is 1.37. The van der Waals surface area contributed by atoms with Crippen molar-refractivity contribution in [3.8, 4) is 17.1 Å². The van der Waals surface area contributed by atoms with Gasteiger partial charge in [-0.05, 0) is 29.7 Å². The van der Waals surface area contributed by atoms with Gasteiger partial charge in [-0.2, -0.15) is 0 Å². The number of ether oxygens (including phenoxy) is 1. The third-order valence-electron chi connectivity index (χ3n) is 3.03. The quantitative estimate of drug-likeness (QED) is 0.701. The van der Waals surface area contributed by atoms with Gasteiger partial charge < -0.3 is 9.15 Å². The molecule has 0 aliphatic carbocycles. The normalized spacial score (nSPS) is 10.6. The molecule has 1 aromatic heterocycles. The molecule has 3 aromatic rings. The molecule has 94 valence electrons. The SMILES string of the molecule is COc1ccc2c(=O)oc(-c3ccccc3)cc2c1. The maximum atomic E-state index is 12.0. The summed E-state index contributed by atoms with van der Waals surface area (Å²) < 4.78 is 10.5. The predicted octanol–water partition coefficient (Wildman–Crippen LogP) is 3.47. The minimum atomic E-state index is -0.334. The fourth-order valence-electron chi connectivity index (χ4n) is 2.04. The van der Waals surface area contributed by atoms with Crippen LogP contribution in [0.2, 0.25) is 0 Å². The maximum absolute atomic E-state index is 12.0. The summed E-state index contributed by atoms with van der Waals surface area (Å²) >= 11 is 0. The van der Waals surface area contributed by atoms with Crippen LogP contribution in [0, 0.1) is 0 Å². The Balaban J connectivity index is 2.26. The van der Waals surface area contributed by atoms with E-state index in [9.17, 15) is 4.79 Å². The lowest BCUT2D eigenvalue weighted by molar-refractivity contribution is 0.415. The minimum absolute atomic E-state index is 0.334. The Bertz CT molecular complexity index is 773. The molecule has 2 aromatic carbocycles. The van der Waals surface area contributed by atoms with Crippen LogP contribution in [-0.2, 0) is 0 Å². The van der Waals surface area contributed by atoms with Gasteiger partial charge in [0, 0.05) is 5.56 Å². The lowest BCUT2D eigenvalue weighted by Gasteiger charge is -2.04. The lowest BCUT2D eigenvalue weighted by Crippen LogP contribution is -2.00. The van der Waals surface area contributed by atoms with Gasteiger partial charge in [-0.3, -0.25) is 0 Å². The molecule has 3 heteroatoms. The number of hydrogen-bond donors (Lipinski definition) is 0. The first-order chi connectivity index (χ1) is 9.28. The van der Waals surface area contributed by atoms with Gasteiger partial charge in [0.1, 0.15) is 11.5 Å². The Labute approximate surface area is 110 Å². The standard InChI is InChI=1S/C16H12O3/c1-18-13-7-8-14-12(9-13)10-15(19-16(14)17)11-5-3-2-4-6-11/h2-10H,1H3. The summed E-state index contributed by atoms with van der Waals surface area (Å²) in [7, 11) is 1.60. The molecule has 0 fully saturated rings. The van der Waals surface area contributed by atoms with E-state index in [1.807, 2.05) is 42.5 Å². The molecule has 0 radical (unpaired) electrons. The summed E-state index contributed by atoms with van der Waals surface area (Å²) in [6, 6.07) is 16.7. The van der Waals surface area contributed by atoms with Gasteiger partial charge in [0.05, 0.1) is 12.5 Å². The van der Waals surface area contributed by atoms with Crippen molar-refractivity contribution in [2.24, 2.45) is 0 Å². The van der Waals surface area contributed by atoms with Gasteiger partial charge >= 0.3 is 5.63 Å². The summed E-state index contributed by atoms with van der Waals surface area (Å²) in [6.45, 7) is 0. The summed E-state index contributed by atoms with van der Waals surface area (Å²) in [5.41, 5.74) is 0.545. The molecular weight excluding hydrogens is 240 g/mol. The molecule has 0 saturated heterocycles. The van der Waals surface area contributed by atoms with Crippen LogP contribution < -0.4 is 10.4 Å². The van der Waals surface area contributed by atoms with Crippen LogP contribution in [0.5, 0.6) is 5.75 Å². The van der Waals surface area contributed by atoms with E-state index in [4.69, 9.17) is 9.15 Å². The Morgan fingerprint density at radius 1 is 1.00 bits per heavy atom. The van der Waals surface area contributed by atoms with Crippen LogP contribution in [-0.4, -0.2) is 7.11 Å². The van der Waals surface area contributed by atoms with Crippen LogP contribution in [0.15, 0.2) is 63.8 Å². The number of methoxy groups -OCH3 is 1. The number of rotatable bonds is 2. The average Bonchev–Trinajstić information content (AvgIpc) is 2.47. The van der Waals surface area contributed by atoms with Gasteiger partial charge in [0.25, 0.3) is 0 Å². The highest BCUT2D eigenvalue weighted by atomic mass is 16.5. The van der Waals surface area contributed by atoms with E-state index in [-0.39, 0.29) is 5.63 Å². The molecule has 0 unspecified atom stereocenters. The fourth-order valence-corrected chi connectivity index (χ4v) is 2.04. The third-order valence-corrected chi connectivity index (χ3v) is 3.03. The Hall–Kier alpha value is -2.55. The van der Waals surface area contributed by atoms with Crippen molar-refractivity contribution in [3.63, 3.8) is 0 Å². The second-order valence-corrected chi connectivity index (χ2v) is 4.22. The van der Waals surface area contributed by atoms with E-state index in [2.05, 4.69) is 0 Å². The van der Waals surface area contributed by atoms with E-state index in [0.29, 0.717) is 11.1 Å². The molecule has 0 aliphatic rings. The number of hydrogen-bond acceptors (Lipinski definition) is 3. The van der Waals surface area contributed by atoms with E-state index < -0.39 is 0 Å². The highest BCUT2D eigenvalue weighted by Crippen LogP contribution is 2.24. The molecule has 1 heterocycles. The van der Waals surface area contributed by atoms with Crippen molar-refractivity contribution in [2.45, 2.75) is 0 Å². The lowest BCUT2D eigenvalue weighted by atomic mass is 10.1. The first-order valence-electron chi connectivity index (χ1n) is 5.95. The molecule has 0 saturated carbocycles. The molecular formula is C16H12O3. The Kier molecular flexibility index (Phi) is 2.80. The minimum Gasteiger partial charge on any atom is -0.497 e. The van der Waals surface area contributed by atoms with Gasteiger partial charge in [-0.25, -0.2) is 4.79 Å². The highest BCUT2D eigenvalue weighted by molar-refractivity contribution is 5.85. The summed E-state index contributed by atoms with van der Waals surface area (Å²) in [4.78, 5) is 12.0. The maximum Gasteiger partial charge on any atom is 0.344 e. The summed E-state index contributed by atoms with van der Waals surface area (Å²) in [5.74, 6) is 1.28. The zero-order valence-corrected chi connectivity index (χ0v) is 10.4. The van der Waals surface area contributed by atoms with Crippen molar-refractivity contribution >= 4 is 10.8 Å². The molecule has 0 bridgehead atoms. The van der Waals surface area contributed by atoms with Crippen molar-refractivity contribution < 1.29 is 9.15 Å². The van der Waals surface area contributed by atoms with Crippen LogP contribution in [0.3, 0.4) is 0 Å². The number of benzene rings is 2. The van der Waals surface area contributed by atoms with Crippen LogP contribution >= 0.6 is 0 Å². The zero-order valence-electron chi connectivity index (χ0n) is 10.4. The second-order valence-electron chi connectivity index (χ2n) is 4.22. The van der Waals surface area contributed by atoms with Gasteiger partial charge in [-0.15, -0.1) is 0 Å². The topological polar surface area (TPSA) is 39.4 Å². The molecule has 3 nitrogen and oxygen atoms in total. The number of fused-ring (bicyclic) bond motifs is 1. The first-order valence-corrected chi connectivity index (χ1v) is 5.95. The second kappa shape index (κ2) is 4.61. The summed E-state index contributed by atoms with van der Waals surface area (Å²) in [6.07, 6.45) is 0. The Morgan fingerprint density at radius 2 is 1.79 bits per heavy atom. The fraction of sp³-hybridized carbons (Fsp3) is 0.0625. The van der Waals surface area contributed by atoms with Crippen molar-refractivity contribution in [3.05, 3.63) is 65.0 Å². The largest absolute Gasteiger partial charge is 0.497 e. The van der Waals surface area contributed by atoms with Gasteiger partial charge in [-0.1, -0.05) is 30.3 Å². The monoisotopic (exact) mass is 252 g/mol. The van der Waals surface area contributed by atoms with Gasteiger partial charge in [0.2, 0.25) is 0 Å². The molecule has 3 rings (SSSR count). The molecule has 0 atom stereocenters. The van der Waals surface area contributed by atoms with Crippen molar-refractivity contribution in [1.82, 2.24) is 0 Å². The first kappa shape index (κ1) is 11.5.